The van der Waals surface area contributed by atoms with E-state index in [0.29, 0.717) is 5.69 Å². The number of nitrogens with one attached hydrogen (secondary N) is 1. The Morgan fingerprint density at radius 3 is 1.53 bits per heavy atom. The molecule has 168 valence electrons. The summed E-state index contributed by atoms with van der Waals surface area (Å²) in [5.41, 5.74) is 0.637. The summed E-state index contributed by atoms with van der Waals surface area (Å²) in [4.78, 5) is 25.5. The summed E-state index contributed by atoms with van der Waals surface area (Å²) in [7, 11) is 0. The topological polar surface area (TPSA) is 55.4 Å². The number of halogens is 1. The normalized spacial score (nSPS) is 11.2. The second-order valence-corrected chi connectivity index (χ2v) is 17.9. The number of anilines is 1. The van der Waals surface area contributed by atoms with E-state index >= 15 is 0 Å². The van der Waals surface area contributed by atoms with Gasteiger partial charge in [-0.1, -0.05) is 0 Å². The fourth-order valence-electron chi connectivity index (χ4n) is 3.74. The molecule has 0 spiro atoms. The third-order valence-electron chi connectivity index (χ3n) is 5.28. The maximum atomic E-state index is 13.1. The number of hydrogen-bond acceptors (Lipinski definition) is 3. The van der Waals surface area contributed by atoms with Gasteiger partial charge in [0.15, 0.2) is 0 Å². The summed E-state index contributed by atoms with van der Waals surface area (Å²) in [6.45, 7) is 0. The molecule has 0 bridgehead atoms. The zero-order chi connectivity index (χ0) is 23.8. The molecule has 4 nitrogen and oxygen atoms in total. The van der Waals surface area contributed by atoms with Crippen molar-refractivity contribution in [1.82, 2.24) is 0 Å². The van der Waals surface area contributed by atoms with Crippen LogP contribution in [0, 0.1) is 0 Å². The molecule has 0 heterocycles. The zero-order valence-electron chi connectivity index (χ0n) is 18.2. The van der Waals surface area contributed by atoms with Crippen molar-refractivity contribution in [1.29, 1.82) is 0 Å². The molecule has 0 aliphatic carbocycles. The molecular weight excluding hydrogens is 597 g/mol. The van der Waals surface area contributed by atoms with E-state index in [0.717, 1.165) is 15.2 Å². The second kappa shape index (κ2) is 11.3. The van der Waals surface area contributed by atoms with Crippen LogP contribution in [0.5, 0.6) is 0 Å². The second-order valence-electron chi connectivity index (χ2n) is 7.53. The fraction of sp³-hybridized carbons (Fsp3) is 0. The third-order valence-corrected chi connectivity index (χ3v) is 17.1. The van der Waals surface area contributed by atoms with E-state index < -0.39 is 30.7 Å². The third kappa shape index (κ3) is 5.66. The van der Waals surface area contributed by atoms with Crippen LogP contribution in [-0.2, 0) is 12.7 Å². The van der Waals surface area contributed by atoms with Gasteiger partial charge in [0.25, 0.3) is 0 Å². The van der Waals surface area contributed by atoms with Gasteiger partial charge in [-0.2, -0.15) is 0 Å². The Balaban J connectivity index is 1.67. The number of amides is 1. The first-order valence-electron chi connectivity index (χ1n) is 10.7. The van der Waals surface area contributed by atoms with E-state index in [1.54, 1.807) is 12.1 Å². The van der Waals surface area contributed by atoms with Crippen molar-refractivity contribution < 1.29 is 12.7 Å². The summed E-state index contributed by atoms with van der Waals surface area (Å²) in [6.07, 6.45) is 2.41. The van der Waals surface area contributed by atoms with Gasteiger partial charge in [-0.25, -0.2) is 0 Å². The van der Waals surface area contributed by atoms with Crippen LogP contribution >= 0.6 is 15.9 Å². The van der Waals surface area contributed by atoms with Gasteiger partial charge in [0.2, 0.25) is 0 Å². The maximum absolute atomic E-state index is 13.1. The Kier molecular flexibility index (Phi) is 7.98. The minimum atomic E-state index is -4.20. The van der Waals surface area contributed by atoms with Crippen molar-refractivity contribution in [3.05, 3.63) is 132 Å². The van der Waals surface area contributed by atoms with Gasteiger partial charge in [0.1, 0.15) is 0 Å². The quantitative estimate of drug-likeness (QED) is 0.250. The van der Waals surface area contributed by atoms with E-state index in [-0.39, 0.29) is 0 Å². The van der Waals surface area contributed by atoms with E-state index in [2.05, 4.69) is 21.2 Å². The molecule has 4 rings (SSSR count). The van der Waals surface area contributed by atoms with Gasteiger partial charge in [0, 0.05) is 0 Å². The first-order valence-corrected chi connectivity index (χ1v) is 17.0. The molecule has 0 saturated carbocycles. The first kappa shape index (κ1) is 24.0. The number of hydrogen-bond donors (Lipinski definition) is 1. The Morgan fingerprint density at radius 1 is 0.647 bits per heavy atom. The molecule has 1 N–H and O–H groups in total. The molecule has 1 amide bonds. The Morgan fingerprint density at radius 2 is 1.09 bits per heavy atom. The predicted octanol–water partition coefficient (Wildman–Crippen LogP) is 4.15. The average Bonchev–Trinajstić information content (AvgIpc) is 2.89. The summed E-state index contributed by atoms with van der Waals surface area (Å²) in [5.74, 6) is -0.947. The summed E-state index contributed by atoms with van der Waals surface area (Å²) < 4.78 is 10.4. The minimum absolute atomic E-state index is 0.404. The summed E-state index contributed by atoms with van der Waals surface area (Å²) in [5, 5.41) is 2.75. The predicted molar refractivity (Wildman–Crippen MR) is 142 cm³/mol. The van der Waals surface area contributed by atoms with Crippen molar-refractivity contribution in [3.63, 3.8) is 0 Å². The number of carbonyl (C=O) groups is 2. The van der Waals surface area contributed by atoms with Crippen molar-refractivity contribution in [2.24, 2.45) is 0 Å². The van der Waals surface area contributed by atoms with Crippen molar-refractivity contribution in [3.8, 4) is 0 Å². The molecule has 0 saturated heterocycles. The van der Waals surface area contributed by atoms with Crippen LogP contribution in [0.2, 0.25) is 0 Å². The molecule has 0 fully saturated rings. The van der Waals surface area contributed by atoms with Crippen LogP contribution in [0.25, 0.3) is 0 Å². The molecule has 0 unspecified atom stereocenters. The fourth-order valence-corrected chi connectivity index (χ4v) is 14.6. The van der Waals surface area contributed by atoms with Crippen molar-refractivity contribution >= 4 is 63.0 Å². The molecule has 0 atom stereocenters. The average molecular weight is 619 g/mol. The number of rotatable bonds is 7. The van der Waals surface area contributed by atoms with Crippen LogP contribution in [0.1, 0.15) is 0 Å². The van der Waals surface area contributed by atoms with Gasteiger partial charge >= 0.3 is 213 Å². The standard InChI is InChI=1S/C10H8BrNO3.3C6H5.Sn/c11-7-1-3-8(4-2-7)12-9(13)5-6-10(14)15;3*1-2-4-6-5-3-1;/h1-6H,(H,12,13)(H,14,15);3*1-5H;/q;;;;+1/p-1. The van der Waals surface area contributed by atoms with Gasteiger partial charge in [-0.05, 0) is 0 Å². The van der Waals surface area contributed by atoms with Gasteiger partial charge < -0.3 is 0 Å². The molecule has 6 heteroatoms. The van der Waals surface area contributed by atoms with Crippen molar-refractivity contribution in [2.45, 2.75) is 0 Å². The molecule has 4 aromatic rings. The molecule has 0 radical (unpaired) electrons. The molecule has 4 aromatic carbocycles. The summed E-state index contributed by atoms with van der Waals surface area (Å²) in [6, 6.07) is 36.9. The van der Waals surface area contributed by atoms with Gasteiger partial charge in [-0.15, -0.1) is 0 Å². The van der Waals surface area contributed by atoms with Crippen LogP contribution in [0.15, 0.2) is 132 Å². The summed E-state index contributed by atoms with van der Waals surface area (Å²) >= 11 is -0.831. The van der Waals surface area contributed by atoms with Crippen LogP contribution < -0.4 is 16.1 Å². The molecule has 0 aromatic heterocycles. The van der Waals surface area contributed by atoms with Crippen LogP contribution in [0.4, 0.5) is 5.69 Å². The van der Waals surface area contributed by atoms with E-state index in [9.17, 15) is 9.59 Å². The molecular formula is C28H22BrNO3Sn. The van der Waals surface area contributed by atoms with Gasteiger partial charge in [-0.3, -0.25) is 0 Å². The monoisotopic (exact) mass is 619 g/mol. The number of carbonyl (C=O) groups excluding carboxylic acids is 2. The van der Waals surface area contributed by atoms with Crippen LogP contribution in [-0.4, -0.2) is 30.7 Å². The molecule has 0 aliphatic heterocycles. The number of benzene rings is 4. The zero-order valence-corrected chi connectivity index (χ0v) is 22.7. The SMILES string of the molecule is O=C(C=CC(=O)[O][Sn]([c]1ccccc1)([c]1ccccc1)[c]1ccccc1)Nc1ccc(Br)cc1. The van der Waals surface area contributed by atoms with E-state index in [4.69, 9.17) is 3.07 Å². The molecule has 0 aliphatic rings. The van der Waals surface area contributed by atoms with Crippen LogP contribution in [0.3, 0.4) is 0 Å². The van der Waals surface area contributed by atoms with Gasteiger partial charge in [0.05, 0.1) is 0 Å². The Hall–Kier alpha value is -3.16. The molecule has 34 heavy (non-hydrogen) atoms. The Labute approximate surface area is 211 Å². The van der Waals surface area contributed by atoms with Crippen molar-refractivity contribution in [2.75, 3.05) is 5.32 Å². The van der Waals surface area contributed by atoms with E-state index in [1.807, 2.05) is 103 Å². The Bertz CT molecular complexity index is 1180. The first-order chi connectivity index (χ1) is 16.6. The van der Waals surface area contributed by atoms with E-state index in [1.165, 1.54) is 12.2 Å².